The predicted molar refractivity (Wildman–Crippen MR) is 103 cm³/mol. The number of hydrazine groups is 1. The minimum atomic E-state index is -0.651. The second kappa shape index (κ2) is 7.14. The summed E-state index contributed by atoms with van der Waals surface area (Å²) in [6.07, 6.45) is 0.837. The van der Waals surface area contributed by atoms with Crippen LogP contribution in [-0.2, 0) is 9.67 Å². The van der Waals surface area contributed by atoms with Crippen molar-refractivity contribution >= 4 is 17.7 Å². The molecule has 1 spiro atoms. The molecule has 1 saturated heterocycles. The molecule has 2 aromatic rings. The third-order valence-corrected chi connectivity index (χ3v) is 6.56. The van der Waals surface area contributed by atoms with Crippen LogP contribution in [0, 0.1) is 12.7 Å². The number of hydrogen-bond donors (Lipinski definition) is 2. The highest BCUT2D eigenvalue weighted by molar-refractivity contribution is 8.00. The molecule has 0 aliphatic carbocycles. The van der Waals surface area contributed by atoms with Crippen molar-refractivity contribution in [2.45, 2.75) is 30.0 Å². The van der Waals surface area contributed by atoms with Crippen LogP contribution in [0.5, 0.6) is 5.75 Å². The summed E-state index contributed by atoms with van der Waals surface area (Å²) in [5.41, 5.74) is 11.3. The van der Waals surface area contributed by atoms with E-state index >= 15 is 0 Å². The molecule has 5 nitrogen and oxygen atoms in total. The first kappa shape index (κ1) is 18.3. The number of nitrogens with one attached hydrogen (secondary N) is 1. The van der Waals surface area contributed by atoms with E-state index in [0.29, 0.717) is 18.6 Å². The number of ether oxygens (including phenoxy) is 1. The third kappa shape index (κ3) is 3.09. The van der Waals surface area contributed by atoms with Gasteiger partial charge in [0.1, 0.15) is 21.8 Å². The van der Waals surface area contributed by atoms with Crippen molar-refractivity contribution in [3.05, 3.63) is 65.0 Å². The van der Waals surface area contributed by atoms with E-state index < -0.39 is 4.87 Å². The van der Waals surface area contributed by atoms with Crippen LogP contribution < -0.4 is 15.9 Å². The molecule has 4 rings (SSSR count). The summed E-state index contributed by atoms with van der Waals surface area (Å²) in [7, 11) is 0. The van der Waals surface area contributed by atoms with Gasteiger partial charge in [0.25, 0.3) is 0 Å². The minimum Gasteiger partial charge on any atom is -0.493 e. The van der Waals surface area contributed by atoms with Gasteiger partial charge in [-0.2, -0.15) is 0 Å². The molecule has 2 heterocycles. The lowest BCUT2D eigenvalue weighted by Crippen LogP contribution is -2.51. The van der Waals surface area contributed by atoms with Gasteiger partial charge in [0, 0.05) is 30.5 Å². The van der Waals surface area contributed by atoms with Gasteiger partial charge in [-0.15, -0.1) is 11.8 Å². The Labute approximate surface area is 162 Å². The van der Waals surface area contributed by atoms with Crippen molar-refractivity contribution in [2.75, 3.05) is 13.2 Å². The van der Waals surface area contributed by atoms with E-state index in [1.54, 1.807) is 22.8 Å². The van der Waals surface area contributed by atoms with E-state index in [4.69, 9.17) is 10.5 Å². The zero-order chi connectivity index (χ0) is 19.0. The fourth-order valence-electron chi connectivity index (χ4n) is 3.71. The molecule has 3 N–H and O–H groups in total. The maximum Gasteiger partial charge on any atom is 0.239 e. The SMILES string of the molecule is Cc1ccc(F)c(C2NN(C(=O)CCN)C3(CCOc4ccccc43)S2)c1. The number of fused-ring (bicyclic) bond motifs is 2. The summed E-state index contributed by atoms with van der Waals surface area (Å²) >= 11 is 1.55. The van der Waals surface area contributed by atoms with Crippen LogP contribution in [0.25, 0.3) is 0 Å². The van der Waals surface area contributed by atoms with Crippen LogP contribution in [0.15, 0.2) is 42.5 Å². The Morgan fingerprint density at radius 1 is 1.41 bits per heavy atom. The Bertz CT molecular complexity index is 878. The fraction of sp³-hybridized carbons (Fsp3) is 0.350. The highest BCUT2D eigenvalue weighted by Gasteiger charge is 2.53. The molecule has 2 aromatic carbocycles. The van der Waals surface area contributed by atoms with Gasteiger partial charge < -0.3 is 10.5 Å². The molecule has 7 heteroatoms. The number of para-hydroxylation sites is 1. The van der Waals surface area contributed by atoms with Gasteiger partial charge in [0.2, 0.25) is 5.91 Å². The van der Waals surface area contributed by atoms with Gasteiger partial charge in [0.05, 0.1) is 6.61 Å². The number of aryl methyl sites for hydroxylation is 1. The molecular weight excluding hydrogens is 365 g/mol. The molecule has 2 unspecified atom stereocenters. The number of thioether (sulfide) groups is 1. The molecule has 1 amide bonds. The highest BCUT2D eigenvalue weighted by atomic mass is 32.2. The molecule has 0 aromatic heterocycles. The van der Waals surface area contributed by atoms with E-state index in [1.165, 1.54) is 6.07 Å². The van der Waals surface area contributed by atoms with E-state index in [1.807, 2.05) is 37.3 Å². The number of nitrogens with two attached hydrogens (primary N) is 1. The Hall–Kier alpha value is -2.09. The molecule has 27 heavy (non-hydrogen) atoms. The van der Waals surface area contributed by atoms with Gasteiger partial charge in [0.15, 0.2) is 0 Å². The molecule has 2 atom stereocenters. The molecule has 0 bridgehead atoms. The van der Waals surface area contributed by atoms with Crippen molar-refractivity contribution in [2.24, 2.45) is 5.73 Å². The predicted octanol–water partition coefficient (Wildman–Crippen LogP) is 3.20. The summed E-state index contributed by atoms with van der Waals surface area (Å²) in [5.74, 6) is 0.375. The van der Waals surface area contributed by atoms with Crippen molar-refractivity contribution in [1.29, 1.82) is 0 Å². The smallest absolute Gasteiger partial charge is 0.239 e. The topological polar surface area (TPSA) is 67.6 Å². The monoisotopic (exact) mass is 387 g/mol. The Morgan fingerprint density at radius 2 is 2.22 bits per heavy atom. The van der Waals surface area contributed by atoms with Crippen molar-refractivity contribution in [1.82, 2.24) is 10.4 Å². The number of carbonyl (C=O) groups is 1. The van der Waals surface area contributed by atoms with Gasteiger partial charge in [-0.3, -0.25) is 9.80 Å². The summed E-state index contributed by atoms with van der Waals surface area (Å²) < 4.78 is 20.4. The number of hydrogen-bond acceptors (Lipinski definition) is 5. The molecule has 2 aliphatic rings. The van der Waals surface area contributed by atoms with Gasteiger partial charge in [-0.1, -0.05) is 35.9 Å². The van der Waals surface area contributed by atoms with Gasteiger partial charge in [-0.25, -0.2) is 9.82 Å². The summed E-state index contributed by atoms with van der Waals surface area (Å²) in [6.45, 7) is 2.68. The Kier molecular flexibility index (Phi) is 4.84. The van der Waals surface area contributed by atoms with E-state index in [9.17, 15) is 9.18 Å². The van der Waals surface area contributed by atoms with Crippen molar-refractivity contribution in [3.63, 3.8) is 0 Å². The minimum absolute atomic E-state index is 0.0998. The Balaban J connectivity index is 1.80. The number of benzene rings is 2. The van der Waals surface area contributed by atoms with Crippen LogP contribution in [0.3, 0.4) is 0 Å². The van der Waals surface area contributed by atoms with E-state index in [-0.39, 0.29) is 30.1 Å². The second-order valence-corrected chi connectivity index (χ2v) is 8.18. The number of halogens is 1. The maximum atomic E-state index is 14.5. The van der Waals surface area contributed by atoms with Gasteiger partial charge in [-0.05, 0) is 19.1 Å². The number of carbonyl (C=O) groups excluding carboxylic acids is 1. The average molecular weight is 387 g/mol. The zero-order valence-electron chi connectivity index (χ0n) is 15.1. The van der Waals surface area contributed by atoms with E-state index in [2.05, 4.69) is 5.43 Å². The lowest BCUT2D eigenvalue weighted by Gasteiger charge is -2.40. The summed E-state index contributed by atoms with van der Waals surface area (Å²) in [6, 6.07) is 12.8. The molecule has 0 saturated carbocycles. The number of nitrogens with zero attached hydrogens (tertiary/aromatic N) is 1. The summed E-state index contributed by atoms with van der Waals surface area (Å²) in [4.78, 5) is 12.2. The molecule has 1 fully saturated rings. The van der Waals surface area contributed by atoms with Crippen LogP contribution in [0.4, 0.5) is 4.39 Å². The first-order valence-electron chi connectivity index (χ1n) is 9.00. The molecule has 142 valence electrons. The average Bonchev–Trinajstić information content (AvgIpc) is 3.04. The van der Waals surface area contributed by atoms with Crippen LogP contribution in [-0.4, -0.2) is 24.1 Å². The first-order valence-corrected chi connectivity index (χ1v) is 9.88. The quantitative estimate of drug-likeness (QED) is 0.847. The number of rotatable bonds is 3. The van der Waals surface area contributed by atoms with Crippen molar-refractivity contribution < 1.29 is 13.9 Å². The lowest BCUT2D eigenvalue weighted by atomic mass is 9.98. The number of amides is 1. The standard InChI is InChI=1S/C20H22FN3O2S/c1-13-6-7-16(21)14(12-13)19-23-24(18(25)8-10-22)20(27-19)9-11-26-17-5-3-2-4-15(17)20/h2-7,12,19,23H,8-11,22H2,1H3. The second-order valence-electron chi connectivity index (χ2n) is 6.80. The normalized spacial score (nSPS) is 24.0. The molecule has 2 aliphatic heterocycles. The largest absolute Gasteiger partial charge is 0.493 e. The summed E-state index contributed by atoms with van der Waals surface area (Å²) in [5, 5.41) is 1.27. The first-order chi connectivity index (χ1) is 13.0. The van der Waals surface area contributed by atoms with Gasteiger partial charge >= 0.3 is 0 Å². The zero-order valence-corrected chi connectivity index (χ0v) is 15.9. The van der Waals surface area contributed by atoms with Crippen molar-refractivity contribution in [3.8, 4) is 5.75 Å². The van der Waals surface area contributed by atoms with Crippen LogP contribution >= 0.6 is 11.8 Å². The fourth-order valence-corrected chi connectivity index (χ4v) is 5.32. The Morgan fingerprint density at radius 3 is 3.04 bits per heavy atom. The molecular formula is C20H22FN3O2S. The van der Waals surface area contributed by atoms with Crippen LogP contribution in [0.1, 0.15) is 34.9 Å². The van der Waals surface area contributed by atoms with Crippen LogP contribution in [0.2, 0.25) is 0 Å². The highest BCUT2D eigenvalue weighted by Crippen LogP contribution is 2.57. The van der Waals surface area contributed by atoms with E-state index in [0.717, 1.165) is 16.9 Å². The maximum absolute atomic E-state index is 14.5. The third-order valence-electron chi connectivity index (χ3n) is 4.97. The molecule has 0 radical (unpaired) electrons. The lowest BCUT2D eigenvalue weighted by molar-refractivity contribution is -0.138.